The number of carbonyl (C=O) groups is 1. The summed E-state index contributed by atoms with van der Waals surface area (Å²) in [5.74, 6) is -2.88. The Hall–Kier alpha value is -4.22. The zero-order valence-corrected chi connectivity index (χ0v) is 19.0. The second-order valence-electron chi connectivity index (χ2n) is 7.77. The van der Waals surface area contributed by atoms with Gasteiger partial charge in [0.15, 0.2) is 17.3 Å². The Morgan fingerprint density at radius 1 is 1.22 bits per heavy atom. The van der Waals surface area contributed by atoms with Gasteiger partial charge in [0.25, 0.3) is 16.1 Å². The summed E-state index contributed by atoms with van der Waals surface area (Å²) in [5.41, 5.74) is 0.0476. The molecule has 0 aliphatic heterocycles. The monoisotopic (exact) mass is 518 g/mol. The molecule has 0 bridgehead atoms. The maximum absolute atomic E-state index is 14.6. The van der Waals surface area contributed by atoms with E-state index in [1.54, 1.807) is 4.72 Å². The molecule has 36 heavy (non-hydrogen) atoms. The highest BCUT2D eigenvalue weighted by Crippen LogP contribution is 2.41. The van der Waals surface area contributed by atoms with E-state index >= 15 is 0 Å². The van der Waals surface area contributed by atoms with Crippen LogP contribution in [0.2, 0.25) is 0 Å². The van der Waals surface area contributed by atoms with Gasteiger partial charge >= 0.3 is 6.61 Å². The molecule has 3 aromatic rings. The van der Waals surface area contributed by atoms with Crippen LogP contribution in [0.15, 0.2) is 42.6 Å². The summed E-state index contributed by atoms with van der Waals surface area (Å²) in [6.45, 7) is -3.30. The molecular weight excluding hydrogens is 501 g/mol. The van der Waals surface area contributed by atoms with Gasteiger partial charge in [-0.15, -0.1) is 0 Å². The van der Waals surface area contributed by atoms with Crippen molar-refractivity contribution in [2.45, 2.75) is 25.4 Å². The van der Waals surface area contributed by atoms with Gasteiger partial charge in [0.2, 0.25) is 0 Å². The number of nitriles is 1. The molecule has 1 saturated carbocycles. The lowest BCUT2D eigenvalue weighted by Gasteiger charge is -2.18. The first kappa shape index (κ1) is 24.9. The van der Waals surface area contributed by atoms with Gasteiger partial charge in [-0.1, -0.05) is 12.1 Å². The number of hydrogen-bond acceptors (Lipinski definition) is 8. The molecule has 0 saturated heterocycles. The van der Waals surface area contributed by atoms with E-state index in [1.165, 1.54) is 30.5 Å². The number of nitrogens with one attached hydrogen (secondary N) is 2. The van der Waals surface area contributed by atoms with Crippen LogP contribution in [0.4, 0.5) is 24.7 Å². The van der Waals surface area contributed by atoms with Crippen molar-refractivity contribution in [1.82, 2.24) is 14.7 Å². The second kappa shape index (κ2) is 9.80. The van der Waals surface area contributed by atoms with Crippen molar-refractivity contribution in [3.63, 3.8) is 0 Å². The van der Waals surface area contributed by atoms with Crippen LogP contribution in [-0.4, -0.2) is 30.9 Å². The third-order valence-corrected chi connectivity index (χ3v) is 5.55. The van der Waals surface area contributed by atoms with E-state index < -0.39 is 40.0 Å². The van der Waals surface area contributed by atoms with Gasteiger partial charge in [-0.05, 0) is 36.6 Å². The molecule has 1 aromatic heterocycles. The van der Waals surface area contributed by atoms with Gasteiger partial charge in [-0.2, -0.15) is 22.5 Å². The highest BCUT2D eigenvalue weighted by atomic mass is 32.2. The van der Waals surface area contributed by atoms with Gasteiger partial charge in [0.05, 0.1) is 29.2 Å². The van der Waals surface area contributed by atoms with Crippen LogP contribution < -0.4 is 19.9 Å². The van der Waals surface area contributed by atoms with Crippen LogP contribution in [-0.2, 0) is 10.2 Å². The summed E-state index contributed by atoms with van der Waals surface area (Å²) in [6, 6.07) is 9.38. The first-order chi connectivity index (χ1) is 17.0. The largest absolute Gasteiger partial charge is 0.432 e. The zero-order chi connectivity index (χ0) is 26.0. The van der Waals surface area contributed by atoms with E-state index in [-0.39, 0.29) is 28.6 Å². The summed E-state index contributed by atoms with van der Waals surface area (Å²) in [6.07, 6.45) is 2.92. The Kier molecular flexibility index (Phi) is 6.77. The maximum Gasteiger partial charge on any atom is 0.387 e. The molecule has 0 spiro atoms. The van der Waals surface area contributed by atoms with Crippen molar-refractivity contribution in [3.8, 4) is 22.9 Å². The summed E-state index contributed by atoms with van der Waals surface area (Å²) in [5, 5.41) is 16.4. The zero-order valence-electron chi connectivity index (χ0n) is 18.2. The standard InChI is InChI=1S/C22H17F3N6O4S/c23-14-7-15(12-3-1-11(9-26)2-4-12)19(35-22(24)25)16(8-14)30-20-18(21(32)31-36(27,33)34)29-17(10-28-20)13-5-6-13/h1-4,7-8,10,13,22H,5-6H2,(H,28,30)(H,31,32)(H2,27,33,34). The Bertz CT molecular complexity index is 1470. The molecule has 2 aromatic carbocycles. The average Bonchev–Trinajstić information content (AvgIpc) is 3.65. The predicted molar refractivity (Wildman–Crippen MR) is 121 cm³/mol. The number of anilines is 2. The fourth-order valence-corrected chi connectivity index (χ4v) is 3.73. The van der Waals surface area contributed by atoms with Crippen LogP contribution in [0.1, 0.15) is 40.5 Å². The summed E-state index contributed by atoms with van der Waals surface area (Å²) >= 11 is 0. The van der Waals surface area contributed by atoms with E-state index in [9.17, 15) is 26.4 Å². The number of amides is 1. The first-order valence-corrected chi connectivity index (χ1v) is 11.9. The molecule has 1 aliphatic carbocycles. The molecule has 1 fully saturated rings. The van der Waals surface area contributed by atoms with Crippen molar-refractivity contribution < 1.29 is 31.1 Å². The third kappa shape index (κ3) is 5.88. The number of benzene rings is 2. The number of nitrogens with zero attached hydrogens (tertiary/aromatic N) is 3. The summed E-state index contributed by atoms with van der Waals surface area (Å²) in [4.78, 5) is 20.8. The fourth-order valence-electron chi connectivity index (χ4n) is 3.37. The van der Waals surface area contributed by atoms with Crippen LogP contribution in [0.25, 0.3) is 11.1 Å². The van der Waals surface area contributed by atoms with E-state index in [4.69, 9.17) is 10.4 Å². The van der Waals surface area contributed by atoms with Gasteiger partial charge in [-0.3, -0.25) is 4.79 Å². The Morgan fingerprint density at radius 3 is 2.50 bits per heavy atom. The highest BCUT2D eigenvalue weighted by molar-refractivity contribution is 7.87. The van der Waals surface area contributed by atoms with Crippen molar-refractivity contribution in [2.75, 3.05) is 5.32 Å². The molecule has 0 atom stereocenters. The number of alkyl halides is 2. The SMILES string of the molecule is N#Cc1ccc(-c2cc(F)cc(Nc3ncc(C4CC4)nc3C(=O)NS(N)(=O)=O)c2OC(F)F)cc1. The van der Waals surface area contributed by atoms with Gasteiger partial charge in [0, 0.05) is 17.5 Å². The molecule has 1 aliphatic rings. The number of hydrogen-bond donors (Lipinski definition) is 3. The lowest BCUT2D eigenvalue weighted by molar-refractivity contribution is -0.0490. The summed E-state index contributed by atoms with van der Waals surface area (Å²) < 4.78 is 70.3. The van der Waals surface area contributed by atoms with Gasteiger partial charge in [0.1, 0.15) is 5.82 Å². The molecule has 1 heterocycles. The number of nitrogens with two attached hydrogens (primary N) is 1. The highest BCUT2D eigenvalue weighted by Gasteiger charge is 2.29. The molecule has 0 radical (unpaired) electrons. The molecule has 10 nitrogen and oxygen atoms in total. The number of rotatable bonds is 8. The van der Waals surface area contributed by atoms with E-state index in [2.05, 4.69) is 20.0 Å². The van der Waals surface area contributed by atoms with Crippen LogP contribution >= 0.6 is 0 Å². The molecule has 14 heteroatoms. The van der Waals surface area contributed by atoms with Crippen molar-refractivity contribution in [2.24, 2.45) is 5.14 Å². The summed E-state index contributed by atoms with van der Waals surface area (Å²) in [7, 11) is -4.46. The molecule has 4 N–H and O–H groups in total. The maximum atomic E-state index is 14.6. The lowest BCUT2D eigenvalue weighted by atomic mass is 10.0. The number of ether oxygens (including phenoxy) is 1. The predicted octanol–water partition coefficient (Wildman–Crippen LogP) is 3.31. The van der Waals surface area contributed by atoms with Crippen molar-refractivity contribution >= 4 is 27.6 Å². The van der Waals surface area contributed by atoms with Crippen molar-refractivity contribution in [3.05, 3.63) is 65.4 Å². The minimum absolute atomic E-state index is 0.0301. The first-order valence-electron chi connectivity index (χ1n) is 10.3. The van der Waals surface area contributed by atoms with Gasteiger partial charge in [-0.25, -0.2) is 24.2 Å². The van der Waals surface area contributed by atoms with Crippen molar-refractivity contribution in [1.29, 1.82) is 5.26 Å². The second-order valence-corrected chi connectivity index (χ2v) is 9.06. The smallest absolute Gasteiger partial charge is 0.387 e. The number of aromatic nitrogens is 2. The van der Waals surface area contributed by atoms with Crippen LogP contribution in [0.3, 0.4) is 0 Å². The number of carbonyl (C=O) groups excluding carboxylic acids is 1. The molecular formula is C22H17F3N6O4S. The fraction of sp³-hybridized carbons (Fsp3) is 0.182. The van der Waals surface area contributed by atoms with E-state index in [0.717, 1.165) is 25.0 Å². The molecule has 1 amide bonds. The minimum Gasteiger partial charge on any atom is -0.432 e. The van der Waals surface area contributed by atoms with E-state index in [0.29, 0.717) is 11.3 Å². The Balaban J connectivity index is 1.82. The minimum atomic E-state index is -4.46. The molecule has 4 rings (SSSR count). The van der Waals surface area contributed by atoms with Gasteiger partial charge < -0.3 is 10.1 Å². The van der Waals surface area contributed by atoms with Crippen LogP contribution in [0, 0.1) is 17.1 Å². The lowest BCUT2D eigenvalue weighted by Crippen LogP contribution is -2.37. The average molecular weight is 518 g/mol. The van der Waals surface area contributed by atoms with Crippen LogP contribution in [0.5, 0.6) is 5.75 Å². The Labute approximate surface area is 203 Å². The third-order valence-electron chi connectivity index (χ3n) is 5.08. The van der Waals surface area contributed by atoms with E-state index in [1.807, 2.05) is 6.07 Å². The molecule has 186 valence electrons. The topological polar surface area (TPSA) is 160 Å². The quantitative estimate of drug-likeness (QED) is 0.409. The Morgan fingerprint density at radius 2 is 1.92 bits per heavy atom. The number of halogens is 3. The normalized spacial score (nSPS) is 13.2. The molecule has 0 unspecified atom stereocenters.